The molecule has 5 heteroatoms. The number of amides is 1. The van der Waals surface area contributed by atoms with Crippen LogP contribution in [0.5, 0.6) is 0 Å². The van der Waals surface area contributed by atoms with Crippen molar-refractivity contribution in [2.45, 2.75) is 51.2 Å². The predicted octanol–water partition coefficient (Wildman–Crippen LogP) is 3.51. The smallest absolute Gasteiger partial charge is 0.231 e. The first-order valence-corrected chi connectivity index (χ1v) is 10.3. The molecular weight excluding hydrogens is 364 g/mol. The van der Waals surface area contributed by atoms with Gasteiger partial charge in [0.15, 0.2) is 5.78 Å². The maximum atomic E-state index is 13.1. The summed E-state index contributed by atoms with van der Waals surface area (Å²) in [4.78, 5) is 27.5. The number of anilines is 1. The highest BCUT2D eigenvalue weighted by Gasteiger charge is 2.31. The molecule has 5 nitrogen and oxygen atoms in total. The Hall–Kier alpha value is -2.50. The number of aliphatic hydroxyl groups is 1. The second kappa shape index (κ2) is 7.73. The van der Waals surface area contributed by atoms with E-state index in [9.17, 15) is 14.7 Å². The van der Waals surface area contributed by atoms with Crippen LogP contribution in [0.3, 0.4) is 0 Å². The summed E-state index contributed by atoms with van der Waals surface area (Å²) in [6.07, 6.45) is 1.80. The van der Waals surface area contributed by atoms with Crippen LogP contribution in [0.25, 0.3) is 0 Å². The van der Waals surface area contributed by atoms with Gasteiger partial charge in [0.1, 0.15) is 0 Å². The Bertz CT molecular complexity index is 945. The van der Waals surface area contributed by atoms with Gasteiger partial charge in [0.05, 0.1) is 11.5 Å². The Morgan fingerprint density at radius 3 is 2.76 bits per heavy atom. The van der Waals surface area contributed by atoms with Gasteiger partial charge in [0.2, 0.25) is 5.91 Å². The highest BCUT2D eigenvalue weighted by molar-refractivity contribution is 6.04. The van der Waals surface area contributed by atoms with E-state index in [1.165, 1.54) is 11.1 Å². The van der Waals surface area contributed by atoms with Gasteiger partial charge in [-0.3, -0.25) is 14.5 Å². The van der Waals surface area contributed by atoms with Crippen LogP contribution in [0.15, 0.2) is 42.5 Å². The molecule has 152 valence electrons. The highest BCUT2D eigenvalue weighted by Crippen LogP contribution is 2.34. The van der Waals surface area contributed by atoms with Crippen molar-refractivity contribution in [1.82, 2.24) is 4.90 Å². The number of hydrogen-bond donors (Lipinski definition) is 2. The summed E-state index contributed by atoms with van der Waals surface area (Å²) in [5, 5.41) is 13.3. The fourth-order valence-corrected chi connectivity index (χ4v) is 4.58. The lowest BCUT2D eigenvalue weighted by molar-refractivity contribution is -0.117. The third kappa shape index (κ3) is 4.26. The van der Waals surface area contributed by atoms with Crippen molar-refractivity contribution in [3.8, 4) is 0 Å². The van der Waals surface area contributed by atoms with Gasteiger partial charge in [-0.05, 0) is 49.4 Å². The summed E-state index contributed by atoms with van der Waals surface area (Å²) in [7, 11) is 0. The number of nitrogens with zero attached hydrogens (tertiary/aromatic N) is 1. The SMILES string of the molecule is CC(C)(O)CN1CCc2c(cccc2NC(=O)C2CCC(=O)c3ccccc32)C1. The van der Waals surface area contributed by atoms with Crippen molar-refractivity contribution >= 4 is 17.4 Å². The van der Waals surface area contributed by atoms with E-state index in [4.69, 9.17) is 0 Å². The zero-order valence-electron chi connectivity index (χ0n) is 17.1. The van der Waals surface area contributed by atoms with Gasteiger partial charge in [-0.1, -0.05) is 36.4 Å². The molecule has 2 aliphatic rings. The third-order valence-electron chi connectivity index (χ3n) is 5.83. The molecule has 0 radical (unpaired) electrons. The normalized spacial score (nSPS) is 19.4. The average Bonchev–Trinajstić information content (AvgIpc) is 2.67. The predicted molar refractivity (Wildman–Crippen MR) is 113 cm³/mol. The lowest BCUT2D eigenvalue weighted by Crippen LogP contribution is -2.41. The topological polar surface area (TPSA) is 69.6 Å². The molecule has 2 aromatic carbocycles. The summed E-state index contributed by atoms with van der Waals surface area (Å²) < 4.78 is 0. The lowest BCUT2D eigenvalue weighted by atomic mass is 9.81. The summed E-state index contributed by atoms with van der Waals surface area (Å²) in [5.74, 6) is -0.221. The molecule has 2 N–H and O–H groups in total. The minimum atomic E-state index is -0.727. The maximum absolute atomic E-state index is 13.1. The van der Waals surface area contributed by atoms with E-state index in [1.54, 1.807) is 0 Å². The van der Waals surface area contributed by atoms with Crippen molar-refractivity contribution in [3.05, 3.63) is 64.7 Å². The number of hydrogen-bond acceptors (Lipinski definition) is 4. The molecule has 0 fully saturated rings. The molecule has 1 aliphatic carbocycles. The van der Waals surface area contributed by atoms with Crippen LogP contribution >= 0.6 is 0 Å². The number of benzene rings is 2. The van der Waals surface area contributed by atoms with Crippen molar-refractivity contribution in [1.29, 1.82) is 0 Å². The minimum Gasteiger partial charge on any atom is -0.389 e. The molecule has 1 unspecified atom stereocenters. The molecule has 0 bridgehead atoms. The zero-order valence-corrected chi connectivity index (χ0v) is 17.1. The number of fused-ring (bicyclic) bond motifs is 2. The Balaban J connectivity index is 1.53. The van der Waals surface area contributed by atoms with Crippen molar-refractivity contribution in [3.63, 3.8) is 0 Å². The number of Topliss-reactive ketones (excluding diaryl/α,β-unsaturated/α-hetero) is 1. The molecule has 1 amide bonds. The van der Waals surface area contributed by atoms with Crippen LogP contribution < -0.4 is 5.32 Å². The second-order valence-corrected chi connectivity index (χ2v) is 8.81. The van der Waals surface area contributed by atoms with Crippen LogP contribution in [-0.2, 0) is 17.8 Å². The van der Waals surface area contributed by atoms with E-state index < -0.39 is 5.60 Å². The van der Waals surface area contributed by atoms with Crippen molar-refractivity contribution in [2.75, 3.05) is 18.4 Å². The number of carbonyl (C=O) groups is 2. The molecule has 0 saturated heterocycles. The van der Waals surface area contributed by atoms with E-state index in [2.05, 4.69) is 16.3 Å². The monoisotopic (exact) mass is 392 g/mol. The van der Waals surface area contributed by atoms with Crippen LogP contribution in [0.4, 0.5) is 5.69 Å². The van der Waals surface area contributed by atoms with Crippen LogP contribution in [0.2, 0.25) is 0 Å². The van der Waals surface area contributed by atoms with E-state index in [0.29, 0.717) is 24.9 Å². The van der Waals surface area contributed by atoms with Crippen LogP contribution in [0.1, 0.15) is 59.7 Å². The van der Waals surface area contributed by atoms with E-state index >= 15 is 0 Å². The number of ketones is 1. The summed E-state index contributed by atoms with van der Waals surface area (Å²) in [5.41, 5.74) is 4.02. The molecule has 0 aromatic heterocycles. The highest BCUT2D eigenvalue weighted by atomic mass is 16.3. The molecule has 4 rings (SSSR count). The number of nitrogens with one attached hydrogen (secondary N) is 1. The summed E-state index contributed by atoms with van der Waals surface area (Å²) in [6.45, 7) is 5.89. The van der Waals surface area contributed by atoms with Gasteiger partial charge >= 0.3 is 0 Å². The van der Waals surface area contributed by atoms with Gasteiger partial charge in [-0.25, -0.2) is 0 Å². The molecule has 1 heterocycles. The molecule has 29 heavy (non-hydrogen) atoms. The second-order valence-electron chi connectivity index (χ2n) is 8.81. The van der Waals surface area contributed by atoms with Gasteiger partial charge in [-0.2, -0.15) is 0 Å². The third-order valence-corrected chi connectivity index (χ3v) is 5.83. The molecule has 2 aromatic rings. The van der Waals surface area contributed by atoms with Crippen molar-refractivity contribution in [2.24, 2.45) is 0 Å². The standard InChI is InChI=1S/C24H28N2O3/c1-24(2,29)15-26-13-12-17-16(14-26)6-5-9-21(17)25-23(28)20-10-11-22(27)19-8-4-3-7-18(19)20/h3-9,20,29H,10-15H2,1-2H3,(H,25,28). The average molecular weight is 392 g/mol. The first-order valence-electron chi connectivity index (χ1n) is 10.3. The number of rotatable bonds is 4. The zero-order chi connectivity index (χ0) is 20.6. The van der Waals surface area contributed by atoms with Gasteiger partial charge in [0, 0.05) is 37.3 Å². The Morgan fingerprint density at radius 2 is 1.97 bits per heavy atom. The molecule has 1 aliphatic heterocycles. The van der Waals surface area contributed by atoms with E-state index in [-0.39, 0.29) is 17.6 Å². The van der Waals surface area contributed by atoms with Crippen LogP contribution in [0, 0.1) is 0 Å². The number of carbonyl (C=O) groups excluding carboxylic acids is 2. The maximum Gasteiger partial charge on any atom is 0.231 e. The molecule has 0 spiro atoms. The largest absolute Gasteiger partial charge is 0.389 e. The number of β-amino-alcohol motifs (C(OH)–C–C–N with tert-alkyl or cyclic N) is 1. The molecule has 0 saturated carbocycles. The quantitative estimate of drug-likeness (QED) is 0.835. The molecular formula is C24H28N2O3. The van der Waals surface area contributed by atoms with Gasteiger partial charge in [-0.15, -0.1) is 0 Å². The van der Waals surface area contributed by atoms with E-state index in [0.717, 1.165) is 30.8 Å². The van der Waals surface area contributed by atoms with Gasteiger partial charge in [0.25, 0.3) is 0 Å². The van der Waals surface area contributed by atoms with Gasteiger partial charge < -0.3 is 10.4 Å². The van der Waals surface area contributed by atoms with E-state index in [1.807, 2.05) is 50.2 Å². The van der Waals surface area contributed by atoms with Crippen molar-refractivity contribution < 1.29 is 14.7 Å². The lowest BCUT2D eigenvalue weighted by Gasteiger charge is -2.34. The Labute approximate surface area is 171 Å². The first kappa shape index (κ1) is 19.8. The Morgan fingerprint density at radius 1 is 1.17 bits per heavy atom. The summed E-state index contributed by atoms with van der Waals surface area (Å²) in [6, 6.07) is 13.5. The minimum absolute atomic E-state index is 0.0442. The fourth-order valence-electron chi connectivity index (χ4n) is 4.58. The molecule has 1 atom stereocenters. The fraction of sp³-hybridized carbons (Fsp3) is 0.417. The Kier molecular flexibility index (Phi) is 5.28. The van der Waals surface area contributed by atoms with Crippen LogP contribution in [-0.4, -0.2) is 40.4 Å². The first-order chi connectivity index (χ1) is 13.8. The summed E-state index contributed by atoms with van der Waals surface area (Å²) >= 11 is 0.